The van der Waals surface area contributed by atoms with Crippen LogP contribution in [-0.4, -0.2) is 12.3 Å². The maximum atomic E-state index is 12.4. The van der Waals surface area contributed by atoms with E-state index in [0.29, 0.717) is 12.8 Å². The second-order valence-corrected chi connectivity index (χ2v) is 2.63. The van der Waals surface area contributed by atoms with E-state index in [1.54, 1.807) is 6.92 Å². The van der Waals surface area contributed by atoms with Gasteiger partial charge in [-0.25, -0.2) is 8.78 Å². The van der Waals surface area contributed by atoms with Crippen LogP contribution in [0.25, 0.3) is 0 Å². The molecule has 12 heavy (non-hydrogen) atoms. The van der Waals surface area contributed by atoms with Crippen molar-refractivity contribution in [2.24, 2.45) is 0 Å². The van der Waals surface area contributed by atoms with E-state index in [-0.39, 0.29) is 6.42 Å². The Morgan fingerprint density at radius 3 is 2.25 bits per heavy atom. The molecular weight excluding hydrogens is 172 g/mol. The molecule has 0 aromatic heterocycles. The Bertz CT molecular complexity index is 151. The predicted molar refractivity (Wildman–Crippen MR) is 39.6 cm³/mol. The van der Waals surface area contributed by atoms with Crippen LogP contribution >= 0.6 is 0 Å². The van der Waals surface area contributed by atoms with Crippen LogP contribution < -0.4 is 0 Å². The molecule has 0 rings (SSSR count). The fourth-order valence-electron chi connectivity index (χ4n) is 0.711. The number of halogens is 4. The van der Waals surface area contributed by atoms with Crippen molar-refractivity contribution >= 4 is 0 Å². The summed E-state index contributed by atoms with van der Waals surface area (Å²) in [4.78, 5) is 0. The van der Waals surface area contributed by atoms with Gasteiger partial charge in [0, 0.05) is 0 Å². The Kier molecular flexibility index (Phi) is 4.28. The lowest BCUT2D eigenvalue weighted by atomic mass is 10.0. The average Bonchev–Trinajstić information content (AvgIpc) is 1.99. The molecule has 0 spiro atoms. The lowest BCUT2D eigenvalue weighted by Crippen LogP contribution is -2.28. The molecule has 0 unspecified atom stereocenters. The van der Waals surface area contributed by atoms with Crippen molar-refractivity contribution in [3.8, 4) is 0 Å². The van der Waals surface area contributed by atoms with Gasteiger partial charge in [-0.2, -0.15) is 8.78 Å². The molecule has 72 valence electrons. The van der Waals surface area contributed by atoms with E-state index in [1.807, 2.05) is 0 Å². The second-order valence-electron chi connectivity index (χ2n) is 2.63. The molecule has 0 aromatic carbocycles. The van der Waals surface area contributed by atoms with E-state index in [2.05, 4.69) is 6.58 Å². The first-order chi connectivity index (χ1) is 5.42. The molecule has 4 heteroatoms. The van der Waals surface area contributed by atoms with Crippen LogP contribution in [0.5, 0.6) is 0 Å². The van der Waals surface area contributed by atoms with Gasteiger partial charge in [-0.15, -0.1) is 0 Å². The number of unbranched alkanes of at least 4 members (excludes halogenated alkanes) is 1. The molecule has 0 aliphatic carbocycles. The largest absolute Gasteiger partial charge is 0.328 e. The average molecular weight is 184 g/mol. The van der Waals surface area contributed by atoms with E-state index in [1.165, 1.54) is 0 Å². The van der Waals surface area contributed by atoms with Gasteiger partial charge in [0.15, 0.2) is 0 Å². The minimum absolute atomic E-state index is 0.0339. The van der Waals surface area contributed by atoms with Crippen LogP contribution in [0.3, 0.4) is 0 Å². The molecule has 0 radical (unpaired) electrons. The number of allylic oxidation sites excluding steroid dienone is 1. The maximum Gasteiger partial charge on any atom is 0.328 e. The highest BCUT2D eigenvalue weighted by atomic mass is 19.3. The zero-order valence-corrected chi connectivity index (χ0v) is 6.92. The first kappa shape index (κ1) is 11.5. The minimum Gasteiger partial charge on any atom is -0.203 e. The fourth-order valence-corrected chi connectivity index (χ4v) is 0.711. The molecule has 0 bridgehead atoms. The Morgan fingerprint density at radius 1 is 1.42 bits per heavy atom. The van der Waals surface area contributed by atoms with E-state index in [4.69, 9.17) is 0 Å². The Morgan fingerprint density at radius 2 is 1.92 bits per heavy atom. The summed E-state index contributed by atoms with van der Waals surface area (Å²) < 4.78 is 48.2. The van der Waals surface area contributed by atoms with Gasteiger partial charge in [-0.1, -0.05) is 19.9 Å². The van der Waals surface area contributed by atoms with Crippen molar-refractivity contribution in [1.82, 2.24) is 0 Å². The summed E-state index contributed by atoms with van der Waals surface area (Å²) in [6, 6.07) is 0. The molecule has 0 saturated heterocycles. The van der Waals surface area contributed by atoms with Crippen molar-refractivity contribution in [2.75, 3.05) is 0 Å². The highest BCUT2D eigenvalue weighted by Gasteiger charge is 2.42. The van der Waals surface area contributed by atoms with E-state index < -0.39 is 17.9 Å². The molecule has 0 fully saturated rings. The number of hydrogen-bond acceptors (Lipinski definition) is 0. The number of alkyl halides is 4. The first-order valence-corrected chi connectivity index (χ1v) is 3.77. The Balaban J connectivity index is 4.07. The van der Waals surface area contributed by atoms with Crippen molar-refractivity contribution in [3.05, 3.63) is 12.2 Å². The lowest BCUT2D eigenvalue weighted by Gasteiger charge is -2.17. The van der Waals surface area contributed by atoms with Crippen LogP contribution in [0.2, 0.25) is 0 Å². The third-order valence-electron chi connectivity index (χ3n) is 1.58. The summed E-state index contributed by atoms with van der Waals surface area (Å²) in [6.07, 6.45) is -2.50. The molecular formula is C8H12F4. The monoisotopic (exact) mass is 184 g/mol. The highest BCUT2D eigenvalue weighted by Crippen LogP contribution is 2.32. The van der Waals surface area contributed by atoms with Gasteiger partial charge < -0.3 is 0 Å². The summed E-state index contributed by atoms with van der Waals surface area (Å²) in [5.74, 6) is -4.02. The predicted octanol–water partition coefficient (Wildman–Crippen LogP) is 3.63. The molecule has 0 aliphatic rings. The minimum atomic E-state index is -4.02. The van der Waals surface area contributed by atoms with Crippen LogP contribution in [0.4, 0.5) is 17.6 Å². The summed E-state index contributed by atoms with van der Waals surface area (Å²) in [6.45, 7) is 4.75. The summed E-state index contributed by atoms with van der Waals surface area (Å²) in [5.41, 5.74) is -0.667. The van der Waals surface area contributed by atoms with Crippen LogP contribution in [0.15, 0.2) is 12.2 Å². The van der Waals surface area contributed by atoms with E-state index in [9.17, 15) is 17.6 Å². The summed E-state index contributed by atoms with van der Waals surface area (Å²) in [7, 11) is 0. The maximum absolute atomic E-state index is 12.4. The Hall–Kier alpha value is -0.540. The molecule has 0 heterocycles. The molecule has 0 N–H and O–H groups in total. The van der Waals surface area contributed by atoms with Gasteiger partial charge in [0.25, 0.3) is 0 Å². The third-order valence-corrected chi connectivity index (χ3v) is 1.58. The zero-order valence-electron chi connectivity index (χ0n) is 6.92. The van der Waals surface area contributed by atoms with Gasteiger partial charge in [0.1, 0.15) is 0 Å². The quantitative estimate of drug-likeness (QED) is 0.452. The van der Waals surface area contributed by atoms with Crippen molar-refractivity contribution in [3.63, 3.8) is 0 Å². The standard InChI is InChI=1S/C8H12F4/c1-3-4-5-6(2)8(11,12)7(9)10/h7H,2-5H2,1H3. The van der Waals surface area contributed by atoms with Crippen LogP contribution in [0.1, 0.15) is 26.2 Å². The molecule has 0 aliphatic heterocycles. The van der Waals surface area contributed by atoms with Gasteiger partial charge >= 0.3 is 12.3 Å². The number of hydrogen-bond donors (Lipinski definition) is 0. The highest BCUT2D eigenvalue weighted by molar-refractivity contribution is 5.08. The van der Waals surface area contributed by atoms with Crippen molar-refractivity contribution in [2.45, 2.75) is 38.5 Å². The third kappa shape index (κ3) is 2.83. The smallest absolute Gasteiger partial charge is 0.203 e. The molecule has 0 aromatic rings. The second kappa shape index (κ2) is 4.48. The van der Waals surface area contributed by atoms with Gasteiger partial charge in [-0.3, -0.25) is 0 Å². The van der Waals surface area contributed by atoms with Crippen LogP contribution in [0, 0.1) is 0 Å². The van der Waals surface area contributed by atoms with E-state index >= 15 is 0 Å². The van der Waals surface area contributed by atoms with Crippen LogP contribution in [-0.2, 0) is 0 Å². The number of rotatable bonds is 5. The lowest BCUT2D eigenvalue weighted by molar-refractivity contribution is -0.101. The topological polar surface area (TPSA) is 0 Å². The Labute approximate surface area is 69.3 Å². The first-order valence-electron chi connectivity index (χ1n) is 3.77. The summed E-state index contributed by atoms with van der Waals surface area (Å²) in [5, 5.41) is 0. The van der Waals surface area contributed by atoms with Gasteiger partial charge in [0.2, 0.25) is 0 Å². The fraction of sp³-hybridized carbons (Fsp3) is 0.750. The SMILES string of the molecule is C=C(CCCC)C(F)(F)C(F)F. The van der Waals surface area contributed by atoms with E-state index in [0.717, 1.165) is 0 Å². The molecule has 0 nitrogen and oxygen atoms in total. The van der Waals surface area contributed by atoms with Gasteiger partial charge in [0.05, 0.1) is 0 Å². The van der Waals surface area contributed by atoms with Crippen molar-refractivity contribution in [1.29, 1.82) is 0 Å². The summed E-state index contributed by atoms with van der Waals surface area (Å²) >= 11 is 0. The molecule has 0 saturated carbocycles. The van der Waals surface area contributed by atoms with Gasteiger partial charge in [-0.05, 0) is 18.4 Å². The normalized spacial score (nSPS) is 12.2. The zero-order chi connectivity index (χ0) is 9.78. The van der Waals surface area contributed by atoms with Crippen molar-refractivity contribution < 1.29 is 17.6 Å². The molecule has 0 atom stereocenters. The molecule has 0 amide bonds.